The van der Waals surface area contributed by atoms with Gasteiger partial charge in [0.05, 0.1) is 5.39 Å². The smallest absolute Gasteiger partial charge is 0.158 e. The van der Waals surface area contributed by atoms with Crippen LogP contribution in [0.2, 0.25) is 0 Å². The van der Waals surface area contributed by atoms with Crippen LogP contribution < -0.4 is 5.73 Å². The summed E-state index contributed by atoms with van der Waals surface area (Å²) in [6.45, 7) is 7.37. The van der Waals surface area contributed by atoms with Crippen LogP contribution in [0.15, 0.2) is 0 Å². The summed E-state index contributed by atoms with van der Waals surface area (Å²) in [7, 11) is 0. The molecular weight excluding hydrogens is 234 g/mol. The highest BCUT2D eigenvalue weighted by molar-refractivity contribution is 7.18. The zero-order valence-electron chi connectivity index (χ0n) is 10.4. The lowest BCUT2D eigenvalue weighted by atomic mass is 10.2. The Morgan fingerprint density at radius 1 is 1.29 bits per heavy atom. The molecule has 0 atom stereocenters. The first-order chi connectivity index (χ1) is 8.13. The molecule has 0 unspecified atom stereocenters. The van der Waals surface area contributed by atoms with Crippen molar-refractivity contribution in [3.63, 3.8) is 0 Å². The van der Waals surface area contributed by atoms with Crippen LogP contribution in [0.1, 0.15) is 29.6 Å². The second-order valence-electron chi connectivity index (χ2n) is 4.04. The second-order valence-corrected chi connectivity index (χ2v) is 5.24. The first-order valence-electron chi connectivity index (χ1n) is 5.73. The van der Waals surface area contributed by atoms with Crippen molar-refractivity contribution in [2.75, 3.05) is 12.3 Å². The van der Waals surface area contributed by atoms with E-state index in [0.717, 1.165) is 23.2 Å². The maximum atomic E-state index is 5.98. The van der Waals surface area contributed by atoms with Crippen LogP contribution in [0.4, 0.5) is 5.82 Å². The molecule has 17 heavy (non-hydrogen) atoms. The van der Waals surface area contributed by atoms with E-state index < -0.39 is 0 Å². The average molecular weight is 251 g/mol. The Labute approximate surface area is 105 Å². The van der Waals surface area contributed by atoms with Crippen molar-refractivity contribution in [1.29, 1.82) is 0 Å². The molecule has 0 bridgehead atoms. The number of nitrogen functional groups attached to an aromatic ring is 1. The molecule has 0 aliphatic rings. The van der Waals surface area contributed by atoms with Crippen molar-refractivity contribution in [3.8, 4) is 0 Å². The third kappa shape index (κ3) is 2.40. The SMILES string of the molecule is CCCOCc1nc(N)c2c(C)c(C)sc2n1. The Balaban J connectivity index is 2.35. The monoisotopic (exact) mass is 251 g/mol. The van der Waals surface area contributed by atoms with Gasteiger partial charge in [0.25, 0.3) is 0 Å². The molecule has 2 aromatic heterocycles. The van der Waals surface area contributed by atoms with Gasteiger partial charge in [0, 0.05) is 11.5 Å². The molecule has 2 N–H and O–H groups in total. The maximum Gasteiger partial charge on any atom is 0.158 e. The molecule has 0 saturated carbocycles. The lowest BCUT2D eigenvalue weighted by Gasteiger charge is -2.03. The van der Waals surface area contributed by atoms with Crippen LogP contribution in [0.5, 0.6) is 0 Å². The van der Waals surface area contributed by atoms with E-state index in [9.17, 15) is 0 Å². The summed E-state index contributed by atoms with van der Waals surface area (Å²) in [6.07, 6.45) is 0.995. The van der Waals surface area contributed by atoms with E-state index in [-0.39, 0.29) is 0 Å². The predicted octanol–water partition coefficient (Wildman–Crippen LogP) is 2.82. The second kappa shape index (κ2) is 4.98. The van der Waals surface area contributed by atoms with Gasteiger partial charge in [-0.2, -0.15) is 0 Å². The number of nitrogens with two attached hydrogens (primary N) is 1. The highest BCUT2D eigenvalue weighted by Crippen LogP contribution is 2.31. The number of fused-ring (bicyclic) bond motifs is 1. The molecule has 0 aliphatic carbocycles. The third-order valence-electron chi connectivity index (χ3n) is 2.68. The normalized spacial score (nSPS) is 11.2. The van der Waals surface area contributed by atoms with Gasteiger partial charge in [-0.15, -0.1) is 11.3 Å². The molecule has 0 amide bonds. The summed E-state index contributed by atoms with van der Waals surface area (Å²) < 4.78 is 5.43. The molecule has 0 fully saturated rings. The van der Waals surface area contributed by atoms with Crippen LogP contribution in [-0.2, 0) is 11.3 Å². The molecule has 92 valence electrons. The van der Waals surface area contributed by atoms with E-state index in [2.05, 4.69) is 30.7 Å². The molecular formula is C12H17N3OS. The number of rotatable bonds is 4. The molecule has 2 heterocycles. The van der Waals surface area contributed by atoms with E-state index in [0.29, 0.717) is 18.2 Å². The molecule has 5 heteroatoms. The maximum absolute atomic E-state index is 5.98. The van der Waals surface area contributed by atoms with E-state index in [4.69, 9.17) is 10.5 Å². The van der Waals surface area contributed by atoms with E-state index in [1.165, 1.54) is 10.4 Å². The highest BCUT2D eigenvalue weighted by atomic mass is 32.1. The number of hydrogen-bond donors (Lipinski definition) is 1. The van der Waals surface area contributed by atoms with Gasteiger partial charge in [0.15, 0.2) is 5.82 Å². The van der Waals surface area contributed by atoms with Gasteiger partial charge in [-0.05, 0) is 25.8 Å². The van der Waals surface area contributed by atoms with E-state index in [1.807, 2.05) is 0 Å². The lowest BCUT2D eigenvalue weighted by Crippen LogP contribution is -2.03. The molecule has 2 rings (SSSR count). The van der Waals surface area contributed by atoms with Gasteiger partial charge in [-0.3, -0.25) is 0 Å². The Bertz CT molecular complexity index is 536. The van der Waals surface area contributed by atoms with Gasteiger partial charge in [0.2, 0.25) is 0 Å². The number of ether oxygens (including phenoxy) is 1. The molecule has 4 nitrogen and oxygen atoms in total. The Kier molecular flexibility index (Phi) is 3.59. The standard InChI is InChI=1S/C12H17N3OS/c1-4-5-16-6-9-14-11(13)10-7(2)8(3)17-12(10)15-9/h4-6H2,1-3H3,(H2,13,14,15). The number of hydrogen-bond acceptors (Lipinski definition) is 5. The Hall–Kier alpha value is -1.20. The van der Waals surface area contributed by atoms with Gasteiger partial charge in [0.1, 0.15) is 17.3 Å². The summed E-state index contributed by atoms with van der Waals surface area (Å²) in [5.74, 6) is 1.23. The Morgan fingerprint density at radius 3 is 2.76 bits per heavy atom. The van der Waals surface area contributed by atoms with Crippen LogP contribution in [0.25, 0.3) is 10.2 Å². The summed E-state index contributed by atoms with van der Waals surface area (Å²) in [4.78, 5) is 11.0. The van der Waals surface area contributed by atoms with Gasteiger partial charge >= 0.3 is 0 Å². The minimum absolute atomic E-state index is 0.434. The number of nitrogens with zero attached hydrogens (tertiary/aromatic N) is 2. The van der Waals surface area contributed by atoms with Crippen molar-refractivity contribution in [1.82, 2.24) is 9.97 Å². The molecule has 0 aromatic carbocycles. The fourth-order valence-corrected chi connectivity index (χ4v) is 2.75. The van der Waals surface area contributed by atoms with Gasteiger partial charge < -0.3 is 10.5 Å². The number of aryl methyl sites for hydroxylation is 2. The van der Waals surface area contributed by atoms with Crippen molar-refractivity contribution >= 4 is 27.4 Å². The van der Waals surface area contributed by atoms with Crippen molar-refractivity contribution in [2.24, 2.45) is 0 Å². The van der Waals surface area contributed by atoms with E-state index in [1.54, 1.807) is 11.3 Å². The number of thiophene rings is 1. The fraction of sp³-hybridized carbons (Fsp3) is 0.500. The molecule has 0 radical (unpaired) electrons. The summed E-state index contributed by atoms with van der Waals surface area (Å²) in [5, 5.41) is 0.992. The van der Waals surface area contributed by atoms with Crippen molar-refractivity contribution < 1.29 is 4.74 Å². The van der Waals surface area contributed by atoms with Crippen LogP contribution in [0, 0.1) is 13.8 Å². The zero-order chi connectivity index (χ0) is 12.4. The first-order valence-corrected chi connectivity index (χ1v) is 6.55. The third-order valence-corrected chi connectivity index (χ3v) is 3.78. The lowest BCUT2D eigenvalue weighted by molar-refractivity contribution is 0.116. The van der Waals surface area contributed by atoms with Crippen LogP contribution in [-0.4, -0.2) is 16.6 Å². The zero-order valence-corrected chi connectivity index (χ0v) is 11.2. The van der Waals surface area contributed by atoms with Crippen LogP contribution >= 0.6 is 11.3 Å². The number of aromatic nitrogens is 2. The molecule has 0 aliphatic heterocycles. The summed E-state index contributed by atoms with van der Waals surface area (Å²) in [6, 6.07) is 0. The fourth-order valence-electron chi connectivity index (χ4n) is 1.70. The molecule has 2 aromatic rings. The van der Waals surface area contributed by atoms with E-state index >= 15 is 0 Å². The predicted molar refractivity (Wildman–Crippen MR) is 71.2 cm³/mol. The quantitative estimate of drug-likeness (QED) is 0.849. The Morgan fingerprint density at radius 2 is 2.06 bits per heavy atom. The van der Waals surface area contributed by atoms with Crippen LogP contribution in [0.3, 0.4) is 0 Å². The summed E-state index contributed by atoms with van der Waals surface area (Å²) >= 11 is 1.66. The molecule has 0 spiro atoms. The molecule has 0 saturated heterocycles. The first kappa shape index (κ1) is 12.3. The number of anilines is 1. The van der Waals surface area contributed by atoms with Gasteiger partial charge in [-0.1, -0.05) is 6.92 Å². The van der Waals surface area contributed by atoms with Crippen molar-refractivity contribution in [3.05, 3.63) is 16.3 Å². The topological polar surface area (TPSA) is 61.0 Å². The minimum atomic E-state index is 0.434. The van der Waals surface area contributed by atoms with Crippen molar-refractivity contribution in [2.45, 2.75) is 33.8 Å². The summed E-state index contributed by atoms with van der Waals surface area (Å²) in [5.41, 5.74) is 7.16. The minimum Gasteiger partial charge on any atom is -0.383 e. The van der Waals surface area contributed by atoms with Gasteiger partial charge in [-0.25, -0.2) is 9.97 Å². The average Bonchev–Trinajstić information content (AvgIpc) is 2.55. The largest absolute Gasteiger partial charge is 0.383 e. The highest BCUT2D eigenvalue weighted by Gasteiger charge is 2.12.